The number of benzene rings is 3. The number of fused-ring (bicyclic) bond motifs is 4. The van der Waals surface area contributed by atoms with Crippen molar-refractivity contribution in [1.29, 1.82) is 0 Å². The molecule has 6 aromatic rings. The molecular weight excluding hydrogens is 702 g/mol. The van der Waals surface area contributed by atoms with E-state index < -0.39 is 0 Å². The third kappa shape index (κ3) is 4.37. The summed E-state index contributed by atoms with van der Waals surface area (Å²) < 4.78 is 13.9. The van der Waals surface area contributed by atoms with Gasteiger partial charge in [-0.3, -0.25) is 0 Å². The van der Waals surface area contributed by atoms with Crippen molar-refractivity contribution in [2.45, 2.75) is 33.0 Å². The van der Waals surface area contributed by atoms with Crippen molar-refractivity contribution in [3.8, 4) is 28.4 Å². The molecule has 4 heterocycles. The van der Waals surface area contributed by atoms with E-state index in [1.54, 1.807) is 0 Å². The van der Waals surface area contributed by atoms with E-state index in [0.29, 0.717) is 11.5 Å². The Hall–Kier alpha value is -4.16. The molecule has 0 atom stereocenters. The van der Waals surface area contributed by atoms with Crippen LogP contribution in [-0.4, -0.2) is 30.8 Å². The van der Waals surface area contributed by atoms with Crippen LogP contribution in [-0.2, 0) is 31.8 Å². The molecule has 0 amide bonds. The van der Waals surface area contributed by atoms with Gasteiger partial charge in [-0.1, -0.05) is 20.8 Å². The van der Waals surface area contributed by atoms with E-state index in [9.17, 15) is 0 Å². The molecule has 0 N–H and O–H groups in total. The number of anilines is 2. The Bertz CT molecular complexity index is 2030. The quantitative estimate of drug-likeness (QED) is 0.143. The second-order valence-corrected chi connectivity index (χ2v) is 12.5. The molecule has 0 unspecified atom stereocenters. The molecular formula is C33H29BN6OPt-2. The number of para-hydroxylation sites is 2. The smallest absolute Gasteiger partial charge is 0.193 e. The van der Waals surface area contributed by atoms with Crippen LogP contribution in [0.2, 0.25) is 6.82 Å². The van der Waals surface area contributed by atoms with Gasteiger partial charge in [-0.25, -0.2) is 0 Å². The van der Waals surface area contributed by atoms with E-state index in [4.69, 9.17) is 9.72 Å². The van der Waals surface area contributed by atoms with E-state index in [2.05, 4.69) is 134 Å². The van der Waals surface area contributed by atoms with Gasteiger partial charge in [0.1, 0.15) is 0 Å². The summed E-state index contributed by atoms with van der Waals surface area (Å²) in [5, 5.41) is 4.64. The van der Waals surface area contributed by atoms with E-state index >= 15 is 0 Å². The van der Waals surface area contributed by atoms with Crippen molar-refractivity contribution >= 4 is 29.5 Å². The first-order valence-electron chi connectivity index (χ1n) is 13.9. The zero-order valence-electron chi connectivity index (χ0n) is 24.1. The van der Waals surface area contributed by atoms with Crippen LogP contribution >= 0.6 is 0 Å². The van der Waals surface area contributed by atoms with Gasteiger partial charge in [0, 0.05) is 12.4 Å². The fraction of sp³-hybridized carbons (Fsp3) is 0.182. The summed E-state index contributed by atoms with van der Waals surface area (Å²) in [5.41, 5.74) is 7.36. The summed E-state index contributed by atoms with van der Waals surface area (Å²) in [6, 6.07) is 31.7. The van der Waals surface area contributed by atoms with Gasteiger partial charge in [0.25, 0.3) is 0 Å². The second-order valence-electron chi connectivity index (χ2n) is 11.5. The first-order chi connectivity index (χ1) is 20.2. The Morgan fingerprint density at radius 1 is 0.881 bits per heavy atom. The minimum atomic E-state index is -0.100. The molecule has 0 aliphatic carbocycles. The third-order valence-corrected chi connectivity index (χ3v) is 9.07. The molecule has 42 heavy (non-hydrogen) atoms. The van der Waals surface area contributed by atoms with E-state index in [1.807, 2.05) is 41.3 Å². The van der Waals surface area contributed by atoms with Crippen molar-refractivity contribution in [2.75, 3.05) is 4.81 Å². The van der Waals surface area contributed by atoms with Crippen LogP contribution in [0.15, 0.2) is 85.2 Å². The van der Waals surface area contributed by atoms with Crippen molar-refractivity contribution in [3.05, 3.63) is 107 Å². The molecule has 0 spiro atoms. The Labute approximate surface area is 256 Å². The predicted octanol–water partition coefficient (Wildman–Crippen LogP) is 7.11. The topological polar surface area (TPSA) is 53.0 Å². The fourth-order valence-corrected chi connectivity index (χ4v) is 6.42. The third-order valence-electron chi connectivity index (χ3n) is 7.80. The predicted molar refractivity (Wildman–Crippen MR) is 163 cm³/mol. The molecule has 1 aliphatic rings. The van der Waals surface area contributed by atoms with Crippen LogP contribution in [0.4, 0.5) is 11.5 Å². The Morgan fingerprint density at radius 3 is 2.48 bits per heavy atom. The zero-order valence-corrected chi connectivity index (χ0v) is 26.3. The number of aryl methyl sites for hydroxylation is 1. The first-order valence-corrected chi connectivity index (χ1v) is 15.0. The summed E-state index contributed by atoms with van der Waals surface area (Å²) in [6.45, 7) is 8.67. The molecule has 9 heteroatoms. The van der Waals surface area contributed by atoms with Gasteiger partial charge in [-0.2, -0.15) is 5.10 Å². The molecule has 0 bridgehead atoms. The van der Waals surface area contributed by atoms with Crippen molar-refractivity contribution in [2.24, 2.45) is 7.05 Å². The van der Waals surface area contributed by atoms with Crippen LogP contribution in [0.25, 0.3) is 28.0 Å². The van der Waals surface area contributed by atoms with Gasteiger partial charge < -0.3 is 0 Å². The SMILES string of the molecule is CB1N(c2cc(C(C)(C)C)ccn2)c2[c-]c(Oc3[c-]c(-n4[c](=[Pt])n(C)c5ccccc54)ccc3)ccc2-c2ccnn21. The summed E-state index contributed by atoms with van der Waals surface area (Å²) in [7, 11) is 2.08. The van der Waals surface area contributed by atoms with Gasteiger partial charge in [-0.15, -0.1) is 0 Å². The number of rotatable bonds is 4. The van der Waals surface area contributed by atoms with Crippen molar-refractivity contribution in [1.82, 2.24) is 23.8 Å². The molecule has 1 aliphatic heterocycles. The van der Waals surface area contributed by atoms with Crippen LogP contribution in [0, 0.1) is 15.9 Å². The second kappa shape index (κ2) is 9.99. The summed E-state index contributed by atoms with van der Waals surface area (Å²) in [4.78, 5) is 6.98. The van der Waals surface area contributed by atoms with Crippen molar-refractivity contribution < 1.29 is 24.1 Å². The number of hydrogen-bond donors (Lipinski definition) is 0. The number of ether oxygens (including phenoxy) is 1. The molecule has 0 fully saturated rings. The average Bonchev–Trinajstić information content (AvgIpc) is 3.57. The van der Waals surface area contributed by atoms with Crippen LogP contribution in [0.3, 0.4) is 0 Å². The van der Waals surface area contributed by atoms with E-state index in [-0.39, 0.29) is 12.4 Å². The van der Waals surface area contributed by atoms with Gasteiger partial charge in [0.2, 0.25) is 0 Å². The molecule has 0 saturated carbocycles. The Kier molecular flexibility index (Phi) is 6.35. The molecule has 0 saturated heterocycles. The molecule has 7 nitrogen and oxygen atoms in total. The number of imidazole rings is 1. The van der Waals surface area contributed by atoms with Gasteiger partial charge in [0.05, 0.1) is 0 Å². The van der Waals surface area contributed by atoms with Crippen molar-refractivity contribution in [3.63, 3.8) is 0 Å². The molecule has 0 radical (unpaired) electrons. The first kappa shape index (κ1) is 26.7. The summed E-state index contributed by atoms with van der Waals surface area (Å²) in [6.07, 6.45) is 3.73. The fourth-order valence-electron chi connectivity index (χ4n) is 5.60. The number of nitrogens with zero attached hydrogens (tertiary/aromatic N) is 6. The number of pyridine rings is 1. The Morgan fingerprint density at radius 2 is 1.67 bits per heavy atom. The Balaban J connectivity index is 1.30. The van der Waals surface area contributed by atoms with Crippen LogP contribution in [0.5, 0.6) is 11.5 Å². The maximum absolute atomic E-state index is 6.43. The van der Waals surface area contributed by atoms with Gasteiger partial charge in [0.15, 0.2) is 0 Å². The average molecular weight is 732 g/mol. The number of hydrogen-bond acceptors (Lipinski definition) is 4. The molecule has 212 valence electrons. The minimum Gasteiger partial charge on any atom is -0.193 e. The molecule has 3 aromatic heterocycles. The zero-order chi connectivity index (χ0) is 29.2. The molecule has 3 aromatic carbocycles. The van der Waals surface area contributed by atoms with Crippen LogP contribution < -0.4 is 9.55 Å². The summed E-state index contributed by atoms with van der Waals surface area (Å²) >= 11 is 2.36. The number of aromatic nitrogens is 5. The minimum absolute atomic E-state index is 0.00806. The standard InChI is InChI=1S/C33H29BN6O.Pt/c1-33(2,3)23-15-17-35-32(19-23)39-31-21-26(13-14-27(31)28-16-18-36-40(28)34(39)4)41-25-10-8-9-24(20-25)38-22-37(5)29-11-6-7-12-30(29)38;/h6-19H,1-5H3;/q-2;. The van der Waals surface area contributed by atoms with Gasteiger partial charge in [-0.05, 0) is 17.0 Å². The summed E-state index contributed by atoms with van der Waals surface area (Å²) in [5.74, 6) is 2.08. The normalized spacial score (nSPS) is 12.9. The van der Waals surface area contributed by atoms with E-state index in [0.717, 1.165) is 43.3 Å². The van der Waals surface area contributed by atoms with Gasteiger partial charge >= 0.3 is 202 Å². The maximum atomic E-state index is 6.43. The van der Waals surface area contributed by atoms with E-state index in [1.165, 1.54) is 5.56 Å². The molecule has 7 rings (SSSR count). The van der Waals surface area contributed by atoms with Crippen LogP contribution in [0.1, 0.15) is 26.3 Å². The monoisotopic (exact) mass is 731 g/mol.